The van der Waals surface area contributed by atoms with Gasteiger partial charge in [-0.1, -0.05) is 0 Å². The maximum absolute atomic E-state index is 12.0. The molecule has 1 heterocycles. The Labute approximate surface area is 112 Å². The molecule has 1 aromatic carbocycles. The maximum Gasteiger partial charge on any atom is 0.573 e. The Kier molecular flexibility index (Phi) is 4.09. The van der Waals surface area contributed by atoms with Crippen molar-refractivity contribution in [3.63, 3.8) is 0 Å². The van der Waals surface area contributed by atoms with Crippen molar-refractivity contribution in [1.82, 2.24) is 4.98 Å². The van der Waals surface area contributed by atoms with E-state index < -0.39 is 6.36 Å². The first kappa shape index (κ1) is 14.1. The van der Waals surface area contributed by atoms with E-state index in [-0.39, 0.29) is 12.4 Å². The summed E-state index contributed by atoms with van der Waals surface area (Å²) < 4.78 is 45.1. The number of alkyl halides is 3. The smallest absolute Gasteiger partial charge is 0.456 e. The van der Waals surface area contributed by atoms with Crippen LogP contribution in [0.3, 0.4) is 0 Å². The molecule has 0 saturated heterocycles. The Morgan fingerprint density at radius 1 is 0.950 bits per heavy atom. The average Bonchev–Trinajstić information content (AvgIpc) is 2.40. The van der Waals surface area contributed by atoms with Gasteiger partial charge in [-0.25, -0.2) is 0 Å². The molecule has 0 aliphatic heterocycles. The zero-order valence-electron chi connectivity index (χ0n) is 10.1. The number of halogens is 3. The van der Waals surface area contributed by atoms with Gasteiger partial charge in [0.2, 0.25) is 0 Å². The molecule has 1 aromatic heterocycles. The van der Waals surface area contributed by atoms with E-state index in [1.54, 1.807) is 12.1 Å². The van der Waals surface area contributed by atoms with Crippen LogP contribution >= 0.6 is 0 Å². The van der Waals surface area contributed by atoms with Crippen LogP contribution in [-0.2, 0) is 6.61 Å². The first-order chi connectivity index (χ1) is 9.46. The molecule has 2 rings (SSSR count). The van der Waals surface area contributed by atoms with Crippen LogP contribution in [0.15, 0.2) is 42.6 Å². The van der Waals surface area contributed by atoms with E-state index in [1.807, 2.05) is 0 Å². The van der Waals surface area contributed by atoms with Crippen molar-refractivity contribution >= 4 is 0 Å². The number of benzene rings is 1. The summed E-state index contributed by atoms with van der Waals surface area (Å²) in [5.74, 6) is 0.434. The number of aromatic nitrogens is 1. The monoisotopic (exact) mass is 285 g/mol. The Bertz CT molecular complexity index is 553. The molecule has 0 spiro atoms. The molecule has 106 valence electrons. The molecular weight excluding hydrogens is 275 g/mol. The Morgan fingerprint density at radius 2 is 1.55 bits per heavy atom. The second-order valence-electron chi connectivity index (χ2n) is 3.76. The van der Waals surface area contributed by atoms with E-state index in [1.165, 1.54) is 18.3 Å². The molecule has 0 atom stereocenters. The Balaban J connectivity index is 2.02. The van der Waals surface area contributed by atoms with E-state index in [2.05, 4.69) is 9.72 Å². The van der Waals surface area contributed by atoms with Gasteiger partial charge in [-0.05, 0) is 36.4 Å². The molecule has 20 heavy (non-hydrogen) atoms. The van der Waals surface area contributed by atoms with Crippen LogP contribution in [0.4, 0.5) is 13.2 Å². The number of pyridine rings is 1. The minimum Gasteiger partial charge on any atom is -0.456 e. The fourth-order valence-corrected chi connectivity index (χ4v) is 1.41. The minimum atomic E-state index is -4.72. The first-order valence-corrected chi connectivity index (χ1v) is 5.56. The molecule has 0 fully saturated rings. The fourth-order valence-electron chi connectivity index (χ4n) is 1.41. The van der Waals surface area contributed by atoms with Crippen LogP contribution in [-0.4, -0.2) is 16.5 Å². The van der Waals surface area contributed by atoms with Gasteiger partial charge >= 0.3 is 6.36 Å². The summed E-state index contributed by atoms with van der Waals surface area (Å²) in [6.07, 6.45) is -3.31. The summed E-state index contributed by atoms with van der Waals surface area (Å²) in [4.78, 5) is 3.91. The zero-order chi connectivity index (χ0) is 14.6. The summed E-state index contributed by atoms with van der Waals surface area (Å²) in [7, 11) is 0. The molecular formula is C13H10F3NO3. The van der Waals surface area contributed by atoms with Gasteiger partial charge in [0.15, 0.2) is 0 Å². The van der Waals surface area contributed by atoms with Gasteiger partial charge < -0.3 is 14.6 Å². The number of aliphatic hydroxyl groups is 1. The van der Waals surface area contributed by atoms with Crippen molar-refractivity contribution < 1.29 is 27.8 Å². The molecule has 4 nitrogen and oxygen atoms in total. The van der Waals surface area contributed by atoms with Crippen LogP contribution in [0, 0.1) is 0 Å². The highest BCUT2D eigenvalue weighted by atomic mass is 19.4. The Hall–Kier alpha value is -2.28. The van der Waals surface area contributed by atoms with Crippen molar-refractivity contribution in [2.45, 2.75) is 13.0 Å². The average molecular weight is 285 g/mol. The minimum absolute atomic E-state index is 0.177. The van der Waals surface area contributed by atoms with Gasteiger partial charge in [0.05, 0.1) is 18.5 Å². The third-order valence-corrected chi connectivity index (χ3v) is 2.25. The molecule has 1 N–H and O–H groups in total. The predicted octanol–water partition coefficient (Wildman–Crippen LogP) is 3.26. The highest BCUT2D eigenvalue weighted by Gasteiger charge is 2.30. The fraction of sp³-hybridized carbons (Fsp3) is 0.154. The molecule has 2 aromatic rings. The largest absolute Gasteiger partial charge is 0.573 e. The number of rotatable bonds is 4. The maximum atomic E-state index is 12.0. The van der Waals surface area contributed by atoms with Crippen LogP contribution in [0.5, 0.6) is 17.2 Å². The van der Waals surface area contributed by atoms with E-state index in [4.69, 9.17) is 9.84 Å². The zero-order valence-corrected chi connectivity index (χ0v) is 10.1. The Morgan fingerprint density at radius 3 is 2.05 bits per heavy atom. The molecule has 0 aliphatic rings. The van der Waals surface area contributed by atoms with E-state index >= 15 is 0 Å². The lowest BCUT2D eigenvalue weighted by atomic mass is 10.3. The number of aliphatic hydroxyl groups excluding tert-OH is 1. The van der Waals surface area contributed by atoms with E-state index in [0.29, 0.717) is 17.2 Å². The van der Waals surface area contributed by atoms with Crippen molar-refractivity contribution in [3.8, 4) is 17.2 Å². The number of ether oxygens (including phenoxy) is 2. The summed E-state index contributed by atoms with van der Waals surface area (Å²) in [5, 5.41) is 8.83. The lowest BCUT2D eigenvalue weighted by molar-refractivity contribution is -0.274. The molecule has 0 unspecified atom stereocenters. The lowest BCUT2D eigenvalue weighted by Crippen LogP contribution is -2.16. The number of nitrogens with zero attached hydrogens (tertiary/aromatic N) is 1. The predicted molar refractivity (Wildman–Crippen MR) is 63.4 cm³/mol. The third-order valence-electron chi connectivity index (χ3n) is 2.25. The van der Waals surface area contributed by atoms with Gasteiger partial charge in [0.25, 0.3) is 0 Å². The van der Waals surface area contributed by atoms with Crippen LogP contribution in [0.25, 0.3) is 0 Å². The quantitative estimate of drug-likeness (QED) is 0.936. The third kappa shape index (κ3) is 4.13. The van der Waals surface area contributed by atoms with Crippen molar-refractivity contribution in [3.05, 3.63) is 48.3 Å². The second kappa shape index (κ2) is 5.79. The van der Waals surface area contributed by atoms with Crippen LogP contribution in [0.2, 0.25) is 0 Å². The summed E-state index contributed by atoms with van der Waals surface area (Å²) in [6.45, 7) is -0.177. The highest BCUT2D eigenvalue weighted by molar-refractivity contribution is 5.34. The van der Waals surface area contributed by atoms with Crippen LogP contribution < -0.4 is 9.47 Å². The SMILES string of the molecule is OCc1ccc(Oc2ccc(OC(F)(F)F)cc2)cn1. The summed E-state index contributed by atoms with van der Waals surface area (Å²) >= 11 is 0. The first-order valence-electron chi connectivity index (χ1n) is 5.56. The molecule has 0 bridgehead atoms. The van der Waals surface area contributed by atoms with Crippen molar-refractivity contribution in [2.24, 2.45) is 0 Å². The lowest BCUT2D eigenvalue weighted by Gasteiger charge is -2.10. The highest BCUT2D eigenvalue weighted by Crippen LogP contribution is 2.27. The van der Waals surface area contributed by atoms with Gasteiger partial charge in [0.1, 0.15) is 17.2 Å². The van der Waals surface area contributed by atoms with Crippen molar-refractivity contribution in [2.75, 3.05) is 0 Å². The topological polar surface area (TPSA) is 51.6 Å². The molecule has 7 heteroatoms. The summed E-state index contributed by atoms with van der Waals surface area (Å²) in [6, 6.07) is 8.17. The summed E-state index contributed by atoms with van der Waals surface area (Å²) in [5.41, 5.74) is 0.492. The second-order valence-corrected chi connectivity index (χ2v) is 3.76. The van der Waals surface area contributed by atoms with Gasteiger partial charge in [-0.15, -0.1) is 13.2 Å². The standard InChI is InChI=1S/C13H10F3NO3/c14-13(15,16)20-11-5-3-10(4-6-11)19-12-2-1-9(8-18)17-7-12/h1-7,18H,8H2. The molecule has 0 aliphatic carbocycles. The van der Waals surface area contributed by atoms with E-state index in [0.717, 1.165) is 12.1 Å². The van der Waals surface area contributed by atoms with Gasteiger partial charge in [0, 0.05) is 0 Å². The van der Waals surface area contributed by atoms with Crippen molar-refractivity contribution in [1.29, 1.82) is 0 Å². The van der Waals surface area contributed by atoms with Gasteiger partial charge in [-0.2, -0.15) is 0 Å². The van der Waals surface area contributed by atoms with Crippen LogP contribution in [0.1, 0.15) is 5.69 Å². The molecule has 0 amide bonds. The molecule has 0 saturated carbocycles. The number of hydrogen-bond donors (Lipinski definition) is 1. The van der Waals surface area contributed by atoms with E-state index in [9.17, 15) is 13.2 Å². The number of hydrogen-bond acceptors (Lipinski definition) is 4. The molecule has 0 radical (unpaired) electrons. The normalized spacial score (nSPS) is 11.2. The van der Waals surface area contributed by atoms with Gasteiger partial charge in [-0.3, -0.25) is 4.98 Å².